The first-order chi connectivity index (χ1) is 7.15. The van der Waals surface area contributed by atoms with E-state index in [0.29, 0.717) is 12.0 Å². The maximum Gasteiger partial charge on any atom is 0.320 e. The third-order valence-electron chi connectivity index (χ3n) is 3.06. The summed E-state index contributed by atoms with van der Waals surface area (Å²) in [7, 11) is 0. The lowest BCUT2D eigenvalue weighted by atomic mass is 10.1. The van der Waals surface area contributed by atoms with Gasteiger partial charge in [-0.05, 0) is 32.1 Å². The summed E-state index contributed by atoms with van der Waals surface area (Å²) in [5.74, 6) is -0.295. The van der Waals surface area contributed by atoms with Crippen molar-refractivity contribution in [2.75, 3.05) is 0 Å². The van der Waals surface area contributed by atoms with E-state index in [0.717, 1.165) is 19.3 Å². The van der Waals surface area contributed by atoms with Crippen molar-refractivity contribution < 1.29 is 9.90 Å². The molecular weight excluding hydrogens is 190 g/mol. The highest BCUT2D eigenvalue weighted by Crippen LogP contribution is 2.33. The zero-order valence-corrected chi connectivity index (χ0v) is 9.83. The van der Waals surface area contributed by atoms with Crippen LogP contribution in [-0.4, -0.2) is 23.2 Å². The Bertz CT molecular complexity index is 202. The number of carbonyl (C=O) groups is 1. The highest BCUT2D eigenvalue weighted by atomic mass is 16.4. The molecule has 0 spiro atoms. The van der Waals surface area contributed by atoms with Crippen LogP contribution >= 0.6 is 0 Å². The van der Waals surface area contributed by atoms with Crippen LogP contribution in [0.5, 0.6) is 0 Å². The van der Waals surface area contributed by atoms with E-state index in [1.807, 2.05) is 0 Å². The molecule has 0 aromatic rings. The minimum atomic E-state index is -0.681. The number of unbranched alkanes of at least 4 members (excludes halogenated alkanes) is 2. The summed E-state index contributed by atoms with van der Waals surface area (Å²) in [5, 5.41) is 12.3. The molecular formula is C12H23NO2. The average molecular weight is 213 g/mol. The summed E-state index contributed by atoms with van der Waals surface area (Å²) >= 11 is 0. The smallest absolute Gasteiger partial charge is 0.320 e. The number of hydrogen-bond donors (Lipinski definition) is 2. The summed E-state index contributed by atoms with van der Waals surface area (Å²) in [6, 6.07) is 0.0277. The molecule has 88 valence electrons. The van der Waals surface area contributed by atoms with Crippen LogP contribution in [0.25, 0.3) is 0 Å². The van der Waals surface area contributed by atoms with Crippen LogP contribution in [-0.2, 0) is 4.79 Å². The zero-order chi connectivity index (χ0) is 11.3. The van der Waals surface area contributed by atoms with Gasteiger partial charge >= 0.3 is 5.97 Å². The third kappa shape index (κ3) is 4.65. The molecule has 3 heteroatoms. The highest BCUT2D eigenvalue weighted by Gasteiger charge is 2.36. The lowest BCUT2D eigenvalue weighted by molar-refractivity contribution is -0.140. The van der Waals surface area contributed by atoms with Gasteiger partial charge in [0.15, 0.2) is 0 Å². The van der Waals surface area contributed by atoms with E-state index in [1.54, 1.807) is 0 Å². The summed E-state index contributed by atoms with van der Waals surface area (Å²) < 4.78 is 0. The van der Waals surface area contributed by atoms with Crippen LogP contribution in [0.4, 0.5) is 0 Å². The van der Waals surface area contributed by atoms with Gasteiger partial charge in [0.1, 0.15) is 6.04 Å². The van der Waals surface area contributed by atoms with Gasteiger partial charge in [-0.3, -0.25) is 4.79 Å². The number of nitrogens with one attached hydrogen (secondary N) is 1. The van der Waals surface area contributed by atoms with Crippen molar-refractivity contribution >= 4 is 5.97 Å². The van der Waals surface area contributed by atoms with E-state index in [-0.39, 0.29) is 6.04 Å². The summed E-state index contributed by atoms with van der Waals surface area (Å²) in [4.78, 5) is 11.0. The van der Waals surface area contributed by atoms with Gasteiger partial charge in [-0.25, -0.2) is 0 Å². The fourth-order valence-electron chi connectivity index (χ4n) is 1.93. The first-order valence-electron chi connectivity index (χ1n) is 6.14. The van der Waals surface area contributed by atoms with Crippen molar-refractivity contribution in [3.63, 3.8) is 0 Å². The predicted octanol–water partition coefficient (Wildman–Crippen LogP) is 2.41. The molecule has 15 heavy (non-hydrogen) atoms. The van der Waals surface area contributed by atoms with Gasteiger partial charge in [0.05, 0.1) is 0 Å². The topological polar surface area (TPSA) is 49.3 Å². The molecule has 0 aromatic heterocycles. The van der Waals surface area contributed by atoms with Crippen molar-refractivity contribution in [2.45, 2.75) is 64.5 Å². The maximum atomic E-state index is 11.0. The molecule has 0 amide bonds. The van der Waals surface area contributed by atoms with E-state index >= 15 is 0 Å². The molecule has 0 saturated heterocycles. The molecule has 1 aliphatic rings. The SMILES string of the molecule is CCCCCC(C)NC(C(=O)O)C1CC1. The molecule has 2 unspecified atom stereocenters. The van der Waals surface area contributed by atoms with E-state index in [2.05, 4.69) is 19.2 Å². The Kier molecular flexibility index (Phi) is 5.09. The van der Waals surface area contributed by atoms with Crippen molar-refractivity contribution in [1.82, 2.24) is 5.32 Å². The van der Waals surface area contributed by atoms with Gasteiger partial charge in [0.25, 0.3) is 0 Å². The molecule has 1 aliphatic carbocycles. The molecule has 0 aliphatic heterocycles. The Morgan fingerprint density at radius 3 is 2.60 bits per heavy atom. The Hall–Kier alpha value is -0.570. The molecule has 0 aromatic carbocycles. The molecule has 0 bridgehead atoms. The molecule has 0 radical (unpaired) electrons. The van der Waals surface area contributed by atoms with E-state index in [1.165, 1.54) is 19.3 Å². The molecule has 2 atom stereocenters. The predicted molar refractivity (Wildman–Crippen MR) is 60.9 cm³/mol. The van der Waals surface area contributed by atoms with Gasteiger partial charge in [-0.1, -0.05) is 26.2 Å². The van der Waals surface area contributed by atoms with E-state index in [9.17, 15) is 4.79 Å². The van der Waals surface area contributed by atoms with Crippen LogP contribution in [0.2, 0.25) is 0 Å². The second-order valence-electron chi connectivity index (χ2n) is 4.72. The van der Waals surface area contributed by atoms with Gasteiger partial charge in [0, 0.05) is 6.04 Å². The summed E-state index contributed by atoms with van der Waals surface area (Å²) in [5.41, 5.74) is 0. The maximum absolute atomic E-state index is 11.0. The standard InChI is InChI=1S/C12H23NO2/c1-3-4-5-6-9(2)13-11(12(14)15)10-7-8-10/h9-11,13H,3-8H2,1-2H3,(H,14,15). The van der Waals surface area contributed by atoms with E-state index < -0.39 is 5.97 Å². The Balaban J connectivity index is 2.21. The van der Waals surface area contributed by atoms with Gasteiger partial charge in [0.2, 0.25) is 0 Å². The first kappa shape index (κ1) is 12.5. The molecule has 3 nitrogen and oxygen atoms in total. The van der Waals surface area contributed by atoms with Gasteiger partial charge < -0.3 is 10.4 Å². The van der Waals surface area contributed by atoms with Crippen LogP contribution < -0.4 is 5.32 Å². The van der Waals surface area contributed by atoms with Crippen molar-refractivity contribution in [1.29, 1.82) is 0 Å². The number of carboxylic acid groups (broad SMARTS) is 1. The molecule has 1 saturated carbocycles. The molecule has 0 heterocycles. The van der Waals surface area contributed by atoms with Gasteiger partial charge in [-0.15, -0.1) is 0 Å². The largest absolute Gasteiger partial charge is 0.480 e. The second-order valence-corrected chi connectivity index (χ2v) is 4.72. The lowest BCUT2D eigenvalue weighted by Crippen LogP contribution is -2.43. The Morgan fingerprint density at radius 2 is 2.13 bits per heavy atom. The average Bonchev–Trinajstić information content (AvgIpc) is 2.97. The lowest BCUT2D eigenvalue weighted by Gasteiger charge is -2.19. The fraction of sp³-hybridized carbons (Fsp3) is 0.917. The second kappa shape index (κ2) is 6.11. The van der Waals surface area contributed by atoms with Crippen LogP contribution in [0.1, 0.15) is 52.4 Å². The minimum absolute atomic E-state index is 0.304. The molecule has 1 fully saturated rings. The number of carboxylic acids is 1. The summed E-state index contributed by atoms with van der Waals surface area (Å²) in [6.07, 6.45) is 6.90. The number of hydrogen-bond acceptors (Lipinski definition) is 2. The van der Waals surface area contributed by atoms with Crippen molar-refractivity contribution in [2.24, 2.45) is 5.92 Å². The van der Waals surface area contributed by atoms with Crippen LogP contribution in [0, 0.1) is 5.92 Å². The minimum Gasteiger partial charge on any atom is -0.480 e. The Morgan fingerprint density at radius 1 is 1.47 bits per heavy atom. The highest BCUT2D eigenvalue weighted by molar-refractivity contribution is 5.74. The number of aliphatic carboxylic acids is 1. The fourth-order valence-corrected chi connectivity index (χ4v) is 1.93. The van der Waals surface area contributed by atoms with Crippen LogP contribution in [0.3, 0.4) is 0 Å². The molecule has 1 rings (SSSR count). The first-order valence-corrected chi connectivity index (χ1v) is 6.14. The zero-order valence-electron chi connectivity index (χ0n) is 9.83. The van der Waals surface area contributed by atoms with E-state index in [4.69, 9.17) is 5.11 Å². The van der Waals surface area contributed by atoms with Crippen molar-refractivity contribution in [3.8, 4) is 0 Å². The summed E-state index contributed by atoms with van der Waals surface area (Å²) in [6.45, 7) is 4.27. The van der Waals surface area contributed by atoms with Crippen LogP contribution in [0.15, 0.2) is 0 Å². The number of rotatable bonds is 8. The Labute approximate surface area is 92.3 Å². The normalized spacial score (nSPS) is 19.9. The quantitative estimate of drug-likeness (QED) is 0.609. The monoisotopic (exact) mass is 213 g/mol. The molecule has 2 N–H and O–H groups in total. The van der Waals surface area contributed by atoms with Gasteiger partial charge in [-0.2, -0.15) is 0 Å². The van der Waals surface area contributed by atoms with Crippen molar-refractivity contribution in [3.05, 3.63) is 0 Å². The third-order valence-corrected chi connectivity index (χ3v) is 3.06.